The second-order valence-electron chi connectivity index (χ2n) is 17.7. The van der Waals surface area contributed by atoms with E-state index in [1.165, 1.54) is 0 Å². The van der Waals surface area contributed by atoms with E-state index in [4.69, 9.17) is 18.9 Å². The van der Waals surface area contributed by atoms with Gasteiger partial charge in [0.05, 0.1) is 24.4 Å². The maximum Gasteiger partial charge on any atom is 0.331 e. The minimum Gasteiger partial charge on any atom is -0.458 e. The first-order chi connectivity index (χ1) is 24.5. The van der Waals surface area contributed by atoms with Gasteiger partial charge in [-0.05, 0) is 105 Å². The molecular weight excluding hydrogens is 671 g/mol. The molecular formula is C40H55NO9S. The molecule has 9 rings (SSSR count). The van der Waals surface area contributed by atoms with Gasteiger partial charge in [-0.25, -0.2) is 4.79 Å². The van der Waals surface area contributed by atoms with Crippen LogP contribution in [0.4, 0.5) is 0 Å². The van der Waals surface area contributed by atoms with Crippen molar-refractivity contribution in [1.29, 1.82) is 0 Å². The number of esters is 1. The van der Waals surface area contributed by atoms with Crippen LogP contribution < -0.4 is 5.32 Å². The van der Waals surface area contributed by atoms with Gasteiger partial charge in [0.15, 0.2) is 0 Å². The summed E-state index contributed by atoms with van der Waals surface area (Å²) >= 11 is 1.64. The number of nitrogens with one attached hydrogen (secondary N) is 1. The van der Waals surface area contributed by atoms with Crippen LogP contribution in [0.5, 0.6) is 0 Å². The molecule has 11 heteroatoms. The van der Waals surface area contributed by atoms with Gasteiger partial charge in [-0.2, -0.15) is 0 Å². The molecule has 0 amide bonds. The Kier molecular flexibility index (Phi) is 8.62. The zero-order chi connectivity index (χ0) is 35.4. The molecule has 0 radical (unpaired) electrons. The summed E-state index contributed by atoms with van der Waals surface area (Å²) in [5, 5.41) is 50.4. The van der Waals surface area contributed by atoms with Crippen molar-refractivity contribution in [3.05, 3.63) is 47.5 Å². The zero-order valence-electron chi connectivity index (χ0n) is 29.9. The van der Waals surface area contributed by atoms with Crippen LogP contribution >= 0.6 is 11.8 Å². The van der Waals surface area contributed by atoms with E-state index in [1.807, 2.05) is 37.3 Å². The van der Waals surface area contributed by atoms with Gasteiger partial charge in [0.2, 0.25) is 12.1 Å². The number of carbonyl (C=O) groups excluding carboxylic acids is 1. The molecule has 4 saturated carbocycles. The third kappa shape index (κ3) is 5.01. The number of rotatable bonds is 6. The number of hydrogen-bond donors (Lipinski definition) is 5. The summed E-state index contributed by atoms with van der Waals surface area (Å²) in [7, 11) is 0. The van der Waals surface area contributed by atoms with Crippen LogP contribution in [-0.2, 0) is 23.7 Å². The summed E-state index contributed by atoms with van der Waals surface area (Å²) in [4.78, 5) is 11.2. The van der Waals surface area contributed by atoms with E-state index in [0.29, 0.717) is 31.6 Å². The first-order valence-corrected chi connectivity index (χ1v) is 20.4. The SMILES string of the molecule is C[C@@H]1C[C@@]2(N[C@H](CC(O)c3ccccc3)CS2)C2(O)O[C@@H]3C[C@@]4(CO)[C@@H](CC[C@@H]5[C@@H]4CC[C@]4(C)[C@@H](C6=CC(=O)OC6)CC[C@]54CO)C[C@H]3O[C@@H]2O1. The Labute approximate surface area is 305 Å². The number of ether oxygens (including phenoxy) is 4. The summed E-state index contributed by atoms with van der Waals surface area (Å²) in [6, 6.07) is 9.64. The minimum absolute atomic E-state index is 0.0353. The Bertz CT molecular complexity index is 1550. The number of benzene rings is 1. The van der Waals surface area contributed by atoms with Crippen LogP contribution in [0.15, 0.2) is 42.0 Å². The van der Waals surface area contributed by atoms with Crippen LogP contribution in [0.25, 0.3) is 0 Å². The molecule has 10 nitrogen and oxygen atoms in total. The van der Waals surface area contributed by atoms with Crippen LogP contribution in [-0.4, -0.2) is 93.3 Å². The number of hydrogen-bond acceptors (Lipinski definition) is 11. The topological polar surface area (TPSA) is 147 Å². The van der Waals surface area contributed by atoms with Gasteiger partial charge in [0.1, 0.15) is 11.5 Å². The van der Waals surface area contributed by atoms with Crippen molar-refractivity contribution < 1.29 is 44.2 Å². The molecule has 0 bridgehead atoms. The maximum absolute atomic E-state index is 12.7. The molecule has 51 heavy (non-hydrogen) atoms. The van der Waals surface area contributed by atoms with Crippen molar-refractivity contribution in [3.8, 4) is 0 Å². The third-order valence-electron chi connectivity index (χ3n) is 15.7. The molecule has 5 N–H and O–H groups in total. The molecule has 1 spiro atoms. The zero-order valence-corrected chi connectivity index (χ0v) is 30.7. The van der Waals surface area contributed by atoms with E-state index in [9.17, 15) is 25.2 Å². The number of aliphatic hydroxyl groups excluding tert-OH is 3. The van der Waals surface area contributed by atoms with E-state index in [2.05, 4.69) is 12.2 Å². The van der Waals surface area contributed by atoms with Crippen LogP contribution in [0.3, 0.4) is 0 Å². The molecule has 4 aliphatic heterocycles. The van der Waals surface area contributed by atoms with E-state index >= 15 is 0 Å². The lowest BCUT2D eigenvalue weighted by atomic mass is 9.39. The quantitative estimate of drug-likeness (QED) is 0.213. The lowest BCUT2D eigenvalue weighted by Gasteiger charge is -2.67. The van der Waals surface area contributed by atoms with Crippen molar-refractivity contribution in [2.45, 2.75) is 125 Å². The number of cyclic esters (lactones) is 1. The summed E-state index contributed by atoms with van der Waals surface area (Å²) < 4.78 is 25.4. The van der Waals surface area contributed by atoms with Crippen molar-refractivity contribution in [1.82, 2.24) is 5.32 Å². The monoisotopic (exact) mass is 725 g/mol. The lowest BCUT2D eigenvalue weighted by Crippen LogP contribution is -2.76. The predicted octanol–water partition coefficient (Wildman–Crippen LogP) is 4.21. The van der Waals surface area contributed by atoms with Gasteiger partial charge in [0, 0.05) is 48.3 Å². The molecule has 15 atom stereocenters. The number of aliphatic hydroxyl groups is 4. The van der Waals surface area contributed by atoms with E-state index in [-0.39, 0.29) is 71.9 Å². The standard InChI is InChI=1S/C40H55NO9S/c1-23-17-39(41-27(20-51-39)16-31(44)24-6-4-3-5-7-24)40(46)35(48-23)49-32-15-26-8-9-30-29(37(26,21-42)18-33(32)50-40)10-12-36(2)28(11-13-38(30,36)22-43)25-14-34(45)47-19-25/h3-7,14,23,26-33,35,41-44,46H,8-13,15-22H2,1-2H3/t23-,26+,27-,28-,29+,30-,31?,32-,33-,35+,36-,37-,38+,39+,40?/m1/s1. The molecule has 280 valence electrons. The smallest absolute Gasteiger partial charge is 0.331 e. The fraction of sp³-hybridized carbons (Fsp3) is 0.775. The molecule has 2 unspecified atom stereocenters. The highest BCUT2D eigenvalue weighted by Gasteiger charge is 2.72. The van der Waals surface area contributed by atoms with Gasteiger partial charge in [-0.1, -0.05) is 37.3 Å². The first kappa shape index (κ1) is 35.2. The van der Waals surface area contributed by atoms with Crippen molar-refractivity contribution in [3.63, 3.8) is 0 Å². The average Bonchev–Trinajstić information content (AvgIpc) is 3.82. The highest BCUT2D eigenvalue weighted by atomic mass is 32.2. The Balaban J connectivity index is 0.980. The number of carbonyl (C=O) groups is 1. The third-order valence-corrected chi connectivity index (χ3v) is 17.3. The van der Waals surface area contributed by atoms with E-state index in [0.717, 1.165) is 56.1 Å². The van der Waals surface area contributed by atoms with Crippen LogP contribution in [0, 0.1) is 39.9 Å². The van der Waals surface area contributed by atoms with Crippen molar-refractivity contribution in [2.75, 3.05) is 25.6 Å². The average molecular weight is 726 g/mol. The van der Waals surface area contributed by atoms with Gasteiger partial charge in [-0.3, -0.25) is 5.32 Å². The highest BCUT2D eigenvalue weighted by Crippen LogP contribution is 2.74. The van der Waals surface area contributed by atoms with E-state index in [1.54, 1.807) is 17.8 Å². The van der Waals surface area contributed by atoms with Crippen molar-refractivity contribution in [2.24, 2.45) is 39.9 Å². The molecule has 4 aliphatic carbocycles. The molecule has 4 heterocycles. The molecule has 7 fully saturated rings. The predicted molar refractivity (Wildman–Crippen MR) is 189 cm³/mol. The lowest BCUT2D eigenvalue weighted by molar-refractivity contribution is -0.450. The molecule has 1 aromatic rings. The summed E-state index contributed by atoms with van der Waals surface area (Å²) in [6.45, 7) is 4.84. The fourth-order valence-corrected chi connectivity index (χ4v) is 14.9. The Morgan fingerprint density at radius 3 is 2.57 bits per heavy atom. The largest absolute Gasteiger partial charge is 0.458 e. The Morgan fingerprint density at radius 1 is 1.00 bits per heavy atom. The minimum atomic E-state index is -1.76. The molecule has 0 aromatic heterocycles. The first-order valence-electron chi connectivity index (χ1n) is 19.4. The van der Waals surface area contributed by atoms with Gasteiger partial charge >= 0.3 is 5.97 Å². The number of fused-ring (bicyclic) bond motifs is 8. The normalized spacial score (nSPS) is 50.7. The Morgan fingerprint density at radius 2 is 1.82 bits per heavy atom. The summed E-state index contributed by atoms with van der Waals surface area (Å²) in [5.74, 6) is -0.444. The van der Waals surface area contributed by atoms with Crippen LogP contribution in [0.2, 0.25) is 0 Å². The maximum atomic E-state index is 12.7. The van der Waals surface area contributed by atoms with Gasteiger partial charge < -0.3 is 39.4 Å². The van der Waals surface area contributed by atoms with E-state index < -0.39 is 34.6 Å². The van der Waals surface area contributed by atoms with Crippen LogP contribution in [0.1, 0.15) is 89.7 Å². The second-order valence-corrected chi connectivity index (χ2v) is 19.0. The second kappa shape index (κ2) is 12.5. The van der Waals surface area contributed by atoms with Gasteiger partial charge in [-0.15, -0.1) is 11.8 Å². The summed E-state index contributed by atoms with van der Waals surface area (Å²) in [5.41, 5.74) is 1.07. The molecule has 3 saturated heterocycles. The van der Waals surface area contributed by atoms with Gasteiger partial charge in [0.25, 0.3) is 0 Å². The summed E-state index contributed by atoms with van der Waals surface area (Å²) in [6.07, 6.45) is 7.22. The molecule has 1 aromatic carbocycles. The number of thioether (sulfide) groups is 1. The highest BCUT2D eigenvalue weighted by molar-refractivity contribution is 8.01. The van der Waals surface area contributed by atoms with Crippen molar-refractivity contribution >= 4 is 17.7 Å². The Hall–Kier alpha value is -1.54. The fourth-order valence-electron chi connectivity index (χ4n) is 13.3. The molecule has 8 aliphatic rings.